The first-order valence-corrected chi connectivity index (χ1v) is 19.4. The maximum Gasteiger partial charge on any atom is 0.407 e. The van der Waals surface area contributed by atoms with Crippen molar-refractivity contribution in [2.75, 3.05) is 38.2 Å². The molecule has 4 atom stereocenters. The van der Waals surface area contributed by atoms with Crippen molar-refractivity contribution >= 4 is 39.3 Å². The van der Waals surface area contributed by atoms with Crippen molar-refractivity contribution in [1.82, 2.24) is 14.9 Å². The molecule has 12 heteroatoms. The van der Waals surface area contributed by atoms with E-state index in [0.29, 0.717) is 42.7 Å². The van der Waals surface area contributed by atoms with Gasteiger partial charge in [0.25, 0.3) is 15.9 Å². The molecule has 0 radical (unpaired) electrons. The van der Waals surface area contributed by atoms with Gasteiger partial charge in [0, 0.05) is 42.0 Å². The standard InChI is InChI=1S/C37H47ClN4O6S/c1-36(2)34(43)40-49(45,46)28-13-16-33-31(20-28)42(22-37(23-47-33)17-5-7-24-19-26(38)12-15-30(24)37)21-25-11-14-29(25)32(10-6-18-41(36)3)48-35(44)39-27-8-4-9-27/h6,10,12-13,15-16,19-20,25,27,29,32H,4-5,7-9,11,14,17-18,21-23H2,1-3H3,(H,39,44)(H,40,43)/t25-,29+,32-,37-/m0/s1. The Balaban J connectivity index is 1.28. The van der Waals surface area contributed by atoms with Crippen molar-refractivity contribution in [1.29, 1.82) is 0 Å². The molecule has 2 amide bonds. The summed E-state index contributed by atoms with van der Waals surface area (Å²) in [5.41, 5.74) is 1.63. The minimum Gasteiger partial charge on any atom is -0.490 e. The molecular weight excluding hydrogens is 664 g/mol. The Hall–Kier alpha value is -3.28. The molecule has 49 heavy (non-hydrogen) atoms. The van der Waals surface area contributed by atoms with E-state index in [1.165, 1.54) is 17.2 Å². The van der Waals surface area contributed by atoms with Gasteiger partial charge >= 0.3 is 6.09 Å². The van der Waals surface area contributed by atoms with Gasteiger partial charge in [0.15, 0.2) is 0 Å². The number of benzene rings is 2. The first kappa shape index (κ1) is 34.2. The van der Waals surface area contributed by atoms with Crippen LogP contribution in [0.4, 0.5) is 10.5 Å². The van der Waals surface area contributed by atoms with Gasteiger partial charge in [-0.15, -0.1) is 0 Å². The van der Waals surface area contributed by atoms with E-state index in [2.05, 4.69) is 27.1 Å². The van der Waals surface area contributed by atoms with Gasteiger partial charge in [-0.25, -0.2) is 17.9 Å². The Morgan fingerprint density at radius 2 is 1.92 bits per heavy atom. The number of hydrogen-bond donors (Lipinski definition) is 2. The summed E-state index contributed by atoms with van der Waals surface area (Å²) >= 11 is 6.44. The summed E-state index contributed by atoms with van der Waals surface area (Å²) in [6.07, 6.45) is 10.8. The minimum absolute atomic E-state index is 0.00412. The van der Waals surface area contributed by atoms with Crippen LogP contribution in [-0.4, -0.2) is 76.3 Å². The third kappa shape index (κ3) is 6.66. The monoisotopic (exact) mass is 710 g/mol. The molecule has 0 unspecified atom stereocenters. The summed E-state index contributed by atoms with van der Waals surface area (Å²) in [5, 5.41) is 3.74. The molecule has 7 rings (SSSR count). The summed E-state index contributed by atoms with van der Waals surface area (Å²) in [6, 6.07) is 11.2. The van der Waals surface area contributed by atoms with Crippen LogP contribution in [0.25, 0.3) is 0 Å². The van der Waals surface area contributed by atoms with Gasteiger partial charge in [0.1, 0.15) is 11.9 Å². The average molecular weight is 711 g/mol. The van der Waals surface area contributed by atoms with Gasteiger partial charge in [0.2, 0.25) is 0 Å². The number of alkyl carbamates (subject to hydrolysis) is 1. The number of nitrogens with one attached hydrogen (secondary N) is 2. The second-order valence-electron chi connectivity index (χ2n) is 15.2. The molecule has 2 N–H and O–H groups in total. The lowest BCUT2D eigenvalue weighted by molar-refractivity contribution is -0.128. The van der Waals surface area contributed by atoms with Crippen molar-refractivity contribution in [3.8, 4) is 5.75 Å². The number of carbonyl (C=O) groups excluding carboxylic acids is 2. The zero-order chi connectivity index (χ0) is 34.6. The molecule has 2 saturated carbocycles. The van der Waals surface area contributed by atoms with Gasteiger partial charge in [-0.1, -0.05) is 23.7 Å². The molecule has 1 spiro atoms. The van der Waals surface area contributed by atoms with E-state index >= 15 is 0 Å². The maximum absolute atomic E-state index is 13.7. The molecular formula is C37H47ClN4O6S. The summed E-state index contributed by atoms with van der Waals surface area (Å²) in [4.78, 5) is 30.7. The highest BCUT2D eigenvalue weighted by atomic mass is 35.5. The second-order valence-corrected chi connectivity index (χ2v) is 17.3. The van der Waals surface area contributed by atoms with Crippen LogP contribution in [0.5, 0.6) is 5.75 Å². The molecule has 0 saturated heterocycles. The first-order chi connectivity index (χ1) is 23.3. The first-order valence-electron chi connectivity index (χ1n) is 17.6. The molecule has 2 fully saturated rings. The maximum atomic E-state index is 13.7. The fraction of sp³-hybridized carbons (Fsp3) is 0.568. The van der Waals surface area contributed by atoms with Crippen LogP contribution in [0, 0.1) is 11.8 Å². The Kier molecular flexibility index (Phi) is 9.15. The van der Waals surface area contributed by atoms with Gasteiger partial charge in [0.05, 0.1) is 22.7 Å². The lowest BCUT2D eigenvalue weighted by atomic mass is 9.68. The summed E-state index contributed by atoms with van der Waals surface area (Å²) < 4.78 is 42.6. The fourth-order valence-electron chi connectivity index (χ4n) is 8.00. The molecule has 2 aromatic rings. The topological polar surface area (TPSA) is 117 Å². The van der Waals surface area contributed by atoms with Gasteiger partial charge in [-0.05, 0) is 126 Å². The number of sulfonamides is 1. The normalized spacial score (nSPS) is 29.6. The Morgan fingerprint density at radius 1 is 1.10 bits per heavy atom. The predicted molar refractivity (Wildman–Crippen MR) is 189 cm³/mol. The van der Waals surface area contributed by atoms with E-state index in [0.717, 1.165) is 51.4 Å². The van der Waals surface area contributed by atoms with Crippen LogP contribution in [0.15, 0.2) is 53.4 Å². The van der Waals surface area contributed by atoms with Gasteiger partial charge < -0.3 is 19.7 Å². The van der Waals surface area contributed by atoms with Crippen molar-refractivity contribution in [2.45, 2.75) is 93.2 Å². The Morgan fingerprint density at radius 3 is 2.65 bits per heavy atom. The third-order valence-corrected chi connectivity index (χ3v) is 13.3. The van der Waals surface area contributed by atoms with E-state index in [9.17, 15) is 18.0 Å². The number of anilines is 1. The predicted octanol–water partition coefficient (Wildman–Crippen LogP) is 5.57. The van der Waals surface area contributed by atoms with Gasteiger partial charge in [-0.2, -0.15) is 0 Å². The molecule has 3 aliphatic carbocycles. The van der Waals surface area contributed by atoms with Crippen LogP contribution in [-0.2, 0) is 31.4 Å². The van der Waals surface area contributed by atoms with Crippen molar-refractivity contribution < 1.29 is 27.5 Å². The number of likely N-dealkylation sites (N-methyl/N-ethyl adjacent to an activating group) is 1. The molecule has 2 aromatic carbocycles. The molecule has 0 aromatic heterocycles. The smallest absolute Gasteiger partial charge is 0.407 e. The summed E-state index contributed by atoms with van der Waals surface area (Å²) in [6.45, 7) is 5.44. The van der Waals surface area contributed by atoms with Gasteiger partial charge in [-0.3, -0.25) is 9.69 Å². The number of hydrogen-bond acceptors (Lipinski definition) is 8. The minimum atomic E-state index is -4.20. The number of ether oxygens (including phenoxy) is 2. The molecule has 2 bridgehead atoms. The largest absolute Gasteiger partial charge is 0.490 e. The van der Waals surface area contributed by atoms with Crippen LogP contribution in [0.3, 0.4) is 0 Å². The van der Waals surface area contributed by atoms with Crippen molar-refractivity contribution in [2.24, 2.45) is 11.8 Å². The zero-order valence-corrected chi connectivity index (χ0v) is 30.1. The lowest BCUT2D eigenvalue weighted by Gasteiger charge is -2.46. The average Bonchev–Trinajstić information content (AvgIpc) is 3.17. The van der Waals surface area contributed by atoms with Crippen LogP contribution in [0.2, 0.25) is 5.02 Å². The molecule has 10 nitrogen and oxygen atoms in total. The molecule has 5 aliphatic rings. The van der Waals surface area contributed by atoms with E-state index in [1.807, 2.05) is 18.2 Å². The highest BCUT2D eigenvalue weighted by molar-refractivity contribution is 7.90. The quantitative estimate of drug-likeness (QED) is 0.389. The SMILES string of the molecule is CN1CC=C[C@H](OC(=O)NC2CCC2)[C@@H]2CC[C@H]2CN2C[C@@]3(CCCc4cc(Cl)ccc43)COc3ccc(cc32)S(=O)(=O)NC(=O)C1(C)C. The number of aryl methyl sites for hydroxylation is 1. The van der Waals surface area contributed by atoms with Crippen LogP contribution < -0.4 is 19.7 Å². The number of halogens is 1. The van der Waals surface area contributed by atoms with Crippen molar-refractivity contribution in [3.05, 3.63) is 64.7 Å². The highest BCUT2D eigenvalue weighted by Gasteiger charge is 2.45. The van der Waals surface area contributed by atoms with Crippen molar-refractivity contribution in [3.63, 3.8) is 0 Å². The Labute approximate surface area is 294 Å². The lowest BCUT2D eigenvalue weighted by Crippen LogP contribution is -2.54. The van der Waals surface area contributed by atoms with E-state index in [4.69, 9.17) is 21.1 Å². The zero-order valence-electron chi connectivity index (χ0n) is 28.5. The number of fused-ring (bicyclic) bond motifs is 4. The summed E-state index contributed by atoms with van der Waals surface area (Å²) in [5.74, 6) is 0.227. The van der Waals surface area contributed by atoms with E-state index in [-0.39, 0.29) is 28.2 Å². The number of nitrogens with zero attached hydrogens (tertiary/aromatic N) is 2. The number of carbonyl (C=O) groups is 2. The molecule has 2 heterocycles. The van der Waals surface area contributed by atoms with Crippen LogP contribution in [0.1, 0.15) is 69.9 Å². The molecule has 2 aliphatic heterocycles. The van der Waals surface area contributed by atoms with E-state index in [1.54, 1.807) is 37.9 Å². The third-order valence-electron chi connectivity index (χ3n) is 11.8. The highest BCUT2D eigenvalue weighted by Crippen LogP contribution is 2.47. The fourth-order valence-corrected chi connectivity index (χ4v) is 9.33. The molecule has 264 valence electrons. The Bertz CT molecular complexity index is 1760. The number of amides is 2. The second kappa shape index (κ2) is 13.1. The van der Waals surface area contributed by atoms with Crippen LogP contribution >= 0.6 is 11.6 Å². The number of rotatable bonds is 2. The van der Waals surface area contributed by atoms with E-state index < -0.39 is 33.7 Å². The summed E-state index contributed by atoms with van der Waals surface area (Å²) in [7, 11) is -2.43.